The number of benzene rings is 1. The van der Waals surface area contributed by atoms with Crippen LogP contribution >= 0.6 is 0 Å². The molecule has 1 aromatic heterocycles. The summed E-state index contributed by atoms with van der Waals surface area (Å²) in [7, 11) is 0. The van der Waals surface area contributed by atoms with Gasteiger partial charge >= 0.3 is 0 Å². The van der Waals surface area contributed by atoms with Crippen molar-refractivity contribution in [3.05, 3.63) is 47.4 Å². The molecule has 0 spiro atoms. The first-order chi connectivity index (χ1) is 12.1. The van der Waals surface area contributed by atoms with Crippen molar-refractivity contribution in [1.82, 2.24) is 20.8 Å². The van der Waals surface area contributed by atoms with Gasteiger partial charge in [0.15, 0.2) is 11.8 Å². The first-order valence-electron chi connectivity index (χ1n) is 8.67. The minimum atomic E-state index is -0.244. The van der Waals surface area contributed by atoms with E-state index in [1.807, 2.05) is 26.8 Å². The fraction of sp³-hybridized carbons (Fsp3) is 0.500. The highest BCUT2D eigenvalue weighted by Crippen LogP contribution is 2.10. The largest absolute Gasteiger partial charge is 0.357 e. The van der Waals surface area contributed by atoms with E-state index in [1.165, 1.54) is 12.1 Å². The molecule has 0 radical (unpaired) electrons. The summed E-state index contributed by atoms with van der Waals surface area (Å²) in [5.41, 5.74) is 0.837. The molecule has 2 rings (SSSR count). The molecule has 2 aromatic rings. The molecule has 0 saturated carbocycles. The lowest BCUT2D eigenvalue weighted by Gasteiger charge is -2.10. The van der Waals surface area contributed by atoms with Gasteiger partial charge in [-0.2, -0.15) is 4.98 Å². The SMILES string of the molecule is CCNC(=NCc1cccc(F)c1)NCCCc1nc(C(C)C)no1. The van der Waals surface area contributed by atoms with Crippen LogP contribution in [0.15, 0.2) is 33.8 Å². The van der Waals surface area contributed by atoms with Gasteiger partial charge in [-0.25, -0.2) is 9.38 Å². The van der Waals surface area contributed by atoms with Crippen LogP contribution in [0.25, 0.3) is 0 Å². The number of guanidine groups is 1. The predicted octanol–water partition coefficient (Wildman–Crippen LogP) is 3.02. The quantitative estimate of drug-likeness (QED) is 0.436. The number of halogens is 1. The summed E-state index contributed by atoms with van der Waals surface area (Å²) in [5, 5.41) is 10.4. The molecule has 0 aliphatic carbocycles. The van der Waals surface area contributed by atoms with E-state index >= 15 is 0 Å². The zero-order chi connectivity index (χ0) is 18.1. The van der Waals surface area contributed by atoms with Gasteiger partial charge in [0.2, 0.25) is 5.89 Å². The van der Waals surface area contributed by atoms with Crippen molar-refractivity contribution in [2.75, 3.05) is 13.1 Å². The Morgan fingerprint density at radius 2 is 2.16 bits per heavy atom. The minimum absolute atomic E-state index is 0.244. The Labute approximate surface area is 147 Å². The van der Waals surface area contributed by atoms with Gasteiger partial charge in [-0.1, -0.05) is 31.1 Å². The minimum Gasteiger partial charge on any atom is -0.357 e. The number of aliphatic imine (C=N–C) groups is 1. The van der Waals surface area contributed by atoms with Crippen molar-refractivity contribution >= 4 is 5.96 Å². The molecule has 0 saturated heterocycles. The Kier molecular flexibility index (Phi) is 7.37. The third kappa shape index (κ3) is 6.52. The van der Waals surface area contributed by atoms with Crippen molar-refractivity contribution in [2.24, 2.45) is 4.99 Å². The topological polar surface area (TPSA) is 75.3 Å². The highest BCUT2D eigenvalue weighted by Gasteiger charge is 2.09. The molecule has 0 aliphatic rings. The third-order valence-electron chi connectivity index (χ3n) is 3.51. The number of hydrogen-bond acceptors (Lipinski definition) is 4. The van der Waals surface area contributed by atoms with Crippen LogP contribution in [0.3, 0.4) is 0 Å². The Morgan fingerprint density at radius 1 is 1.32 bits per heavy atom. The number of nitrogens with zero attached hydrogens (tertiary/aromatic N) is 3. The van der Waals surface area contributed by atoms with Gasteiger partial charge < -0.3 is 15.2 Å². The van der Waals surface area contributed by atoms with Crippen LogP contribution in [0.5, 0.6) is 0 Å². The fourth-order valence-corrected chi connectivity index (χ4v) is 2.20. The van der Waals surface area contributed by atoms with E-state index in [-0.39, 0.29) is 11.7 Å². The maximum absolute atomic E-state index is 13.2. The van der Waals surface area contributed by atoms with Gasteiger partial charge in [0, 0.05) is 25.4 Å². The molecule has 0 fully saturated rings. The number of rotatable bonds is 8. The zero-order valence-electron chi connectivity index (χ0n) is 15.1. The third-order valence-corrected chi connectivity index (χ3v) is 3.51. The van der Waals surface area contributed by atoms with Crippen molar-refractivity contribution < 1.29 is 8.91 Å². The maximum atomic E-state index is 13.2. The Hall–Kier alpha value is -2.44. The van der Waals surface area contributed by atoms with E-state index in [0.717, 1.165) is 37.3 Å². The first-order valence-corrected chi connectivity index (χ1v) is 8.67. The molecule has 7 heteroatoms. The van der Waals surface area contributed by atoms with E-state index in [1.54, 1.807) is 6.07 Å². The second-order valence-electron chi connectivity index (χ2n) is 6.06. The molecule has 6 nitrogen and oxygen atoms in total. The Morgan fingerprint density at radius 3 is 2.84 bits per heavy atom. The second kappa shape index (κ2) is 9.76. The average Bonchev–Trinajstić information content (AvgIpc) is 3.06. The number of nitrogens with one attached hydrogen (secondary N) is 2. The summed E-state index contributed by atoms with van der Waals surface area (Å²) in [4.78, 5) is 8.83. The van der Waals surface area contributed by atoms with Gasteiger partial charge in [-0.05, 0) is 31.0 Å². The van der Waals surface area contributed by atoms with Crippen LogP contribution < -0.4 is 10.6 Å². The first kappa shape index (κ1) is 18.9. The van der Waals surface area contributed by atoms with Gasteiger partial charge in [0.25, 0.3) is 0 Å². The monoisotopic (exact) mass is 347 g/mol. The molecule has 0 atom stereocenters. The molecule has 0 unspecified atom stereocenters. The zero-order valence-corrected chi connectivity index (χ0v) is 15.1. The van der Waals surface area contributed by atoms with Gasteiger partial charge in [0.05, 0.1) is 6.54 Å². The Bertz CT molecular complexity index is 684. The molecule has 0 amide bonds. The van der Waals surface area contributed by atoms with Crippen LogP contribution in [0.2, 0.25) is 0 Å². The highest BCUT2D eigenvalue weighted by atomic mass is 19.1. The van der Waals surface area contributed by atoms with Crippen molar-refractivity contribution in [1.29, 1.82) is 0 Å². The van der Waals surface area contributed by atoms with Crippen LogP contribution in [0.1, 0.15) is 50.4 Å². The number of aromatic nitrogens is 2. The second-order valence-corrected chi connectivity index (χ2v) is 6.06. The maximum Gasteiger partial charge on any atom is 0.226 e. The molecule has 2 N–H and O–H groups in total. The predicted molar refractivity (Wildman–Crippen MR) is 95.9 cm³/mol. The standard InChI is InChI=1S/C18H26FN5O/c1-4-20-18(22-12-14-7-5-8-15(19)11-14)21-10-6-9-16-23-17(13(2)3)24-25-16/h5,7-8,11,13H,4,6,9-10,12H2,1-3H3,(H2,20,21,22). The van der Waals surface area contributed by atoms with Crippen LogP contribution in [-0.4, -0.2) is 29.2 Å². The van der Waals surface area contributed by atoms with Gasteiger partial charge in [-0.15, -0.1) is 0 Å². The van der Waals surface area contributed by atoms with E-state index in [0.29, 0.717) is 18.4 Å². The van der Waals surface area contributed by atoms with Crippen LogP contribution in [-0.2, 0) is 13.0 Å². The summed E-state index contributed by atoms with van der Waals surface area (Å²) in [6.07, 6.45) is 1.57. The lowest BCUT2D eigenvalue weighted by atomic mass is 10.2. The van der Waals surface area contributed by atoms with Crippen molar-refractivity contribution in [3.8, 4) is 0 Å². The lowest BCUT2D eigenvalue weighted by molar-refractivity contribution is 0.368. The highest BCUT2D eigenvalue weighted by molar-refractivity contribution is 5.79. The van der Waals surface area contributed by atoms with Gasteiger partial charge in [0.1, 0.15) is 5.82 Å². The fourth-order valence-electron chi connectivity index (χ4n) is 2.20. The lowest BCUT2D eigenvalue weighted by Crippen LogP contribution is -2.37. The Balaban J connectivity index is 1.79. The van der Waals surface area contributed by atoms with Crippen molar-refractivity contribution in [2.45, 2.75) is 46.1 Å². The molecular formula is C18H26FN5O. The smallest absolute Gasteiger partial charge is 0.226 e. The van der Waals surface area contributed by atoms with E-state index < -0.39 is 0 Å². The summed E-state index contributed by atoms with van der Waals surface area (Å²) >= 11 is 0. The molecule has 25 heavy (non-hydrogen) atoms. The number of aryl methyl sites for hydroxylation is 1. The number of hydrogen-bond donors (Lipinski definition) is 2. The average molecular weight is 347 g/mol. The molecule has 0 bridgehead atoms. The summed E-state index contributed by atoms with van der Waals surface area (Å²) < 4.78 is 18.4. The summed E-state index contributed by atoms with van der Waals surface area (Å²) in [6.45, 7) is 7.99. The summed E-state index contributed by atoms with van der Waals surface area (Å²) in [5.74, 6) is 2.14. The van der Waals surface area contributed by atoms with E-state index in [9.17, 15) is 4.39 Å². The summed E-state index contributed by atoms with van der Waals surface area (Å²) in [6, 6.07) is 6.47. The molecule has 1 heterocycles. The molecule has 136 valence electrons. The van der Waals surface area contributed by atoms with Gasteiger partial charge in [-0.3, -0.25) is 0 Å². The normalized spacial score (nSPS) is 11.8. The van der Waals surface area contributed by atoms with Crippen LogP contribution in [0.4, 0.5) is 4.39 Å². The van der Waals surface area contributed by atoms with E-state index in [4.69, 9.17) is 4.52 Å². The van der Waals surface area contributed by atoms with Crippen LogP contribution in [0, 0.1) is 5.82 Å². The molecule has 0 aliphatic heterocycles. The molecule has 1 aromatic carbocycles. The van der Waals surface area contributed by atoms with Crippen molar-refractivity contribution in [3.63, 3.8) is 0 Å². The molecular weight excluding hydrogens is 321 g/mol. The van der Waals surface area contributed by atoms with E-state index in [2.05, 4.69) is 25.8 Å².